The van der Waals surface area contributed by atoms with Crippen molar-refractivity contribution in [3.05, 3.63) is 47.5 Å². The summed E-state index contributed by atoms with van der Waals surface area (Å²) in [4.78, 5) is 37.0. The van der Waals surface area contributed by atoms with Crippen molar-refractivity contribution >= 4 is 17.9 Å². The molecule has 1 unspecified atom stereocenters. The molecular formula is C41H60O7. The molecular weight excluding hydrogens is 604 g/mol. The zero-order chi connectivity index (χ0) is 34.4. The van der Waals surface area contributed by atoms with Gasteiger partial charge in [0.05, 0.1) is 0 Å². The number of carbonyl (C=O) groups is 3. The van der Waals surface area contributed by atoms with Gasteiger partial charge in [0.2, 0.25) is 0 Å². The molecule has 0 bridgehead atoms. The first-order valence-corrected chi connectivity index (χ1v) is 18.9. The summed E-state index contributed by atoms with van der Waals surface area (Å²) >= 11 is 0. The summed E-state index contributed by atoms with van der Waals surface area (Å²) in [5.74, 6) is 0.773. The normalized spacial score (nSPS) is 13.8. The second-order valence-electron chi connectivity index (χ2n) is 13.3. The Morgan fingerprint density at radius 2 is 1.10 bits per heavy atom. The van der Waals surface area contributed by atoms with Gasteiger partial charge in [0.1, 0.15) is 29.1 Å². The van der Waals surface area contributed by atoms with Crippen LogP contribution in [0.1, 0.15) is 173 Å². The second-order valence-corrected chi connectivity index (χ2v) is 13.3. The summed E-state index contributed by atoms with van der Waals surface area (Å²) in [6, 6.07) is 10.6. The van der Waals surface area contributed by atoms with E-state index in [1.807, 2.05) is 12.1 Å². The first-order valence-electron chi connectivity index (χ1n) is 18.9. The average Bonchev–Trinajstić information content (AvgIpc) is 3.06. The van der Waals surface area contributed by atoms with Crippen LogP contribution < -0.4 is 18.9 Å². The Morgan fingerprint density at radius 1 is 0.625 bits per heavy atom. The van der Waals surface area contributed by atoms with E-state index in [1.54, 1.807) is 24.3 Å². The molecule has 266 valence electrons. The molecule has 0 spiro atoms. The number of ether oxygens (including phenoxy) is 4. The van der Waals surface area contributed by atoms with Gasteiger partial charge in [0, 0.05) is 37.5 Å². The summed E-state index contributed by atoms with van der Waals surface area (Å²) in [7, 11) is 0. The molecule has 0 N–H and O–H groups in total. The first kappa shape index (κ1) is 39.1. The number of hydrogen-bond acceptors (Lipinski definition) is 7. The van der Waals surface area contributed by atoms with Gasteiger partial charge in [-0.25, -0.2) is 0 Å². The predicted molar refractivity (Wildman–Crippen MR) is 191 cm³/mol. The lowest BCUT2D eigenvalue weighted by atomic mass is 9.96. The Morgan fingerprint density at radius 3 is 1.62 bits per heavy atom. The Bertz CT molecular complexity index is 1250. The molecule has 48 heavy (non-hydrogen) atoms. The molecule has 0 aliphatic carbocycles. The molecule has 7 nitrogen and oxygen atoms in total. The molecule has 3 rings (SSSR count). The number of fused-ring (bicyclic) bond motifs is 1. The fourth-order valence-electron chi connectivity index (χ4n) is 6.24. The van der Waals surface area contributed by atoms with Crippen LogP contribution in [0.3, 0.4) is 0 Å². The van der Waals surface area contributed by atoms with Gasteiger partial charge in [-0.2, -0.15) is 0 Å². The highest BCUT2D eigenvalue weighted by atomic mass is 16.6. The largest absolute Gasteiger partial charge is 0.485 e. The van der Waals surface area contributed by atoms with Crippen LogP contribution in [-0.4, -0.2) is 17.9 Å². The van der Waals surface area contributed by atoms with Crippen LogP contribution in [0, 0.1) is 0 Å². The lowest BCUT2D eigenvalue weighted by molar-refractivity contribution is -0.135. The van der Waals surface area contributed by atoms with E-state index in [0.717, 1.165) is 50.5 Å². The fraction of sp³-hybridized carbons (Fsp3) is 0.634. The second kappa shape index (κ2) is 23.1. The summed E-state index contributed by atoms with van der Waals surface area (Å²) in [6.07, 6.45) is 23.2. The Kier molecular flexibility index (Phi) is 18.8. The number of rotatable bonds is 24. The van der Waals surface area contributed by atoms with Gasteiger partial charge in [0.25, 0.3) is 0 Å². The number of esters is 3. The maximum Gasteiger partial charge on any atom is 0.311 e. The Hall–Kier alpha value is -3.35. The SMILES string of the molecule is CCCCCCCCCCCC(=O)Oc1ccc2c(c1)OC(c1ccc(OC(=O)CCCCCCCCCCC)cc1OC(C)=O)CC2. The monoisotopic (exact) mass is 664 g/mol. The summed E-state index contributed by atoms with van der Waals surface area (Å²) in [5, 5.41) is 0. The molecule has 2 aromatic carbocycles. The van der Waals surface area contributed by atoms with Gasteiger partial charge in [-0.1, -0.05) is 123 Å². The quantitative estimate of drug-likeness (QED) is 0.0627. The number of carbonyl (C=O) groups excluding carboxylic acids is 3. The Balaban J connectivity index is 1.48. The van der Waals surface area contributed by atoms with Crippen molar-refractivity contribution in [2.24, 2.45) is 0 Å². The van der Waals surface area contributed by atoms with E-state index >= 15 is 0 Å². The standard InChI is InChI=1S/C41H60O7/c1-4-6-8-10-12-14-16-18-20-22-40(43)46-34-26-24-33-25-29-37(48-38(33)30-34)36-28-27-35(31-39(36)45-32(3)42)47-41(44)23-21-19-17-15-13-11-9-7-5-2/h24,26-28,30-31,37H,4-23,25,29H2,1-3H3. The van der Waals surface area contributed by atoms with Gasteiger partial charge < -0.3 is 18.9 Å². The number of unbranched alkanes of at least 4 members (excludes halogenated alkanes) is 16. The third kappa shape index (κ3) is 15.3. The lowest BCUT2D eigenvalue weighted by Gasteiger charge is -2.28. The van der Waals surface area contributed by atoms with Crippen LogP contribution >= 0.6 is 0 Å². The van der Waals surface area contributed by atoms with Crippen molar-refractivity contribution in [2.75, 3.05) is 0 Å². The summed E-state index contributed by atoms with van der Waals surface area (Å²) < 4.78 is 23.2. The average molecular weight is 665 g/mol. The minimum Gasteiger partial charge on any atom is -0.485 e. The van der Waals surface area contributed by atoms with E-state index in [1.165, 1.54) is 84.0 Å². The van der Waals surface area contributed by atoms with E-state index in [2.05, 4.69) is 13.8 Å². The van der Waals surface area contributed by atoms with Gasteiger partial charge in [-0.15, -0.1) is 0 Å². The molecule has 0 aromatic heterocycles. The first-order chi connectivity index (χ1) is 23.4. The smallest absolute Gasteiger partial charge is 0.311 e. The number of benzene rings is 2. The molecule has 7 heteroatoms. The summed E-state index contributed by atoms with van der Waals surface area (Å²) in [5.41, 5.74) is 1.73. The zero-order valence-electron chi connectivity index (χ0n) is 30.0. The maximum atomic E-state index is 12.5. The summed E-state index contributed by atoms with van der Waals surface area (Å²) in [6.45, 7) is 5.81. The minimum atomic E-state index is -0.466. The molecule has 0 saturated carbocycles. The molecule has 0 saturated heterocycles. The molecule has 1 aliphatic heterocycles. The van der Waals surface area contributed by atoms with Crippen molar-refractivity contribution in [1.29, 1.82) is 0 Å². The fourth-order valence-corrected chi connectivity index (χ4v) is 6.24. The minimum absolute atomic E-state index is 0.231. The zero-order valence-corrected chi connectivity index (χ0v) is 30.0. The highest BCUT2D eigenvalue weighted by Crippen LogP contribution is 2.41. The molecule has 0 radical (unpaired) electrons. The Labute approximate surface area is 289 Å². The maximum absolute atomic E-state index is 12.5. The number of hydrogen-bond donors (Lipinski definition) is 0. The lowest BCUT2D eigenvalue weighted by Crippen LogP contribution is -2.17. The van der Waals surface area contributed by atoms with Crippen molar-refractivity contribution < 1.29 is 33.3 Å². The van der Waals surface area contributed by atoms with Crippen LogP contribution in [-0.2, 0) is 20.8 Å². The highest BCUT2D eigenvalue weighted by Gasteiger charge is 2.26. The third-order valence-electron chi connectivity index (χ3n) is 9.00. The van der Waals surface area contributed by atoms with Crippen molar-refractivity contribution in [3.8, 4) is 23.0 Å². The number of aryl methyl sites for hydroxylation is 1. The highest BCUT2D eigenvalue weighted by molar-refractivity contribution is 5.74. The van der Waals surface area contributed by atoms with Gasteiger partial charge in [0.15, 0.2) is 0 Å². The van der Waals surface area contributed by atoms with Gasteiger partial charge in [-0.05, 0) is 49.4 Å². The molecule has 1 aliphatic rings. The topological polar surface area (TPSA) is 88.1 Å². The van der Waals surface area contributed by atoms with E-state index in [9.17, 15) is 14.4 Å². The molecule has 0 fully saturated rings. The van der Waals surface area contributed by atoms with Gasteiger partial charge >= 0.3 is 17.9 Å². The van der Waals surface area contributed by atoms with Crippen molar-refractivity contribution in [2.45, 2.75) is 168 Å². The van der Waals surface area contributed by atoms with Crippen LogP contribution in [0.15, 0.2) is 36.4 Å². The van der Waals surface area contributed by atoms with Crippen LogP contribution in [0.2, 0.25) is 0 Å². The van der Waals surface area contributed by atoms with Crippen LogP contribution in [0.4, 0.5) is 0 Å². The third-order valence-corrected chi connectivity index (χ3v) is 9.00. The molecule has 0 amide bonds. The molecule has 2 aromatic rings. The predicted octanol–water partition coefficient (Wildman–Crippen LogP) is 11.3. The van der Waals surface area contributed by atoms with E-state index in [4.69, 9.17) is 18.9 Å². The van der Waals surface area contributed by atoms with E-state index < -0.39 is 5.97 Å². The molecule has 1 heterocycles. The van der Waals surface area contributed by atoms with Crippen LogP contribution in [0.5, 0.6) is 23.0 Å². The van der Waals surface area contributed by atoms with E-state index in [0.29, 0.717) is 47.8 Å². The van der Waals surface area contributed by atoms with Gasteiger partial charge in [-0.3, -0.25) is 14.4 Å². The molecule has 1 atom stereocenters. The van der Waals surface area contributed by atoms with Crippen molar-refractivity contribution in [3.63, 3.8) is 0 Å². The van der Waals surface area contributed by atoms with Crippen molar-refractivity contribution in [1.82, 2.24) is 0 Å². The van der Waals surface area contributed by atoms with Crippen LogP contribution in [0.25, 0.3) is 0 Å². The van der Waals surface area contributed by atoms with E-state index in [-0.39, 0.29) is 18.0 Å².